The van der Waals surface area contributed by atoms with Crippen LogP contribution in [0.2, 0.25) is 0 Å². The predicted octanol–water partition coefficient (Wildman–Crippen LogP) is 9.72. The van der Waals surface area contributed by atoms with E-state index in [0.717, 1.165) is 51.4 Å². The van der Waals surface area contributed by atoms with Crippen LogP contribution in [0.25, 0.3) is 0 Å². The highest BCUT2D eigenvalue weighted by Crippen LogP contribution is 2.33. The average Bonchev–Trinajstić information content (AvgIpc) is 0.878. The van der Waals surface area contributed by atoms with E-state index in [-0.39, 0.29) is 18.9 Å². The molecule has 0 radical (unpaired) electrons. The number of aliphatic hydroxyl groups is 11. The number of carbonyl (C=O) groups is 1. The van der Waals surface area contributed by atoms with Crippen molar-refractivity contribution >= 4 is 5.91 Å². The number of ether oxygens (including phenoxy) is 6. The Balaban J connectivity index is 1.28. The average molecular weight is 1290 g/mol. The third-order valence-corrected chi connectivity index (χ3v) is 17.5. The zero-order valence-electron chi connectivity index (χ0n) is 55.8. The molecule has 19 heteroatoms. The summed E-state index contributed by atoms with van der Waals surface area (Å²) in [6, 6.07) is -0.995. The largest absolute Gasteiger partial charge is 0.394 e. The molecule has 528 valence electrons. The lowest BCUT2D eigenvalue weighted by atomic mass is 9.96. The first-order chi connectivity index (χ1) is 44.3. The van der Waals surface area contributed by atoms with E-state index in [1.807, 2.05) is 19.1 Å². The van der Waals surface area contributed by atoms with E-state index in [9.17, 15) is 61.0 Å². The van der Waals surface area contributed by atoms with E-state index < -0.39 is 124 Å². The van der Waals surface area contributed by atoms with Crippen LogP contribution in [0.1, 0.15) is 245 Å². The second-order valence-electron chi connectivity index (χ2n) is 25.3. The molecule has 17 unspecified atom stereocenters. The number of carbonyl (C=O) groups excluding carboxylic acids is 1. The lowest BCUT2D eigenvalue weighted by Crippen LogP contribution is -2.66. The van der Waals surface area contributed by atoms with Gasteiger partial charge in [0.05, 0.1) is 38.6 Å². The summed E-state index contributed by atoms with van der Waals surface area (Å²) in [5, 5.41) is 120. The summed E-state index contributed by atoms with van der Waals surface area (Å²) in [7, 11) is 0. The van der Waals surface area contributed by atoms with Crippen LogP contribution in [0.15, 0.2) is 72.9 Å². The molecule has 91 heavy (non-hydrogen) atoms. The maximum absolute atomic E-state index is 13.3. The van der Waals surface area contributed by atoms with Crippen molar-refractivity contribution in [2.75, 3.05) is 26.4 Å². The number of rotatable bonds is 54. The molecule has 3 heterocycles. The molecule has 0 saturated carbocycles. The summed E-state index contributed by atoms with van der Waals surface area (Å²) in [6.07, 6.45) is 41.1. The Labute approximate surface area is 547 Å². The van der Waals surface area contributed by atoms with Crippen molar-refractivity contribution in [2.45, 2.75) is 349 Å². The van der Waals surface area contributed by atoms with Gasteiger partial charge in [-0.15, -0.1) is 0 Å². The van der Waals surface area contributed by atoms with Crippen LogP contribution in [-0.4, -0.2) is 193 Å². The van der Waals surface area contributed by atoms with Gasteiger partial charge < -0.3 is 89.9 Å². The Morgan fingerprint density at radius 1 is 0.418 bits per heavy atom. The quantitative estimate of drug-likeness (QED) is 0.0199. The van der Waals surface area contributed by atoms with Crippen LogP contribution in [0, 0.1) is 0 Å². The lowest BCUT2D eigenvalue weighted by Gasteiger charge is -2.48. The van der Waals surface area contributed by atoms with Crippen LogP contribution in [0.3, 0.4) is 0 Å². The predicted molar refractivity (Wildman–Crippen MR) is 355 cm³/mol. The van der Waals surface area contributed by atoms with Gasteiger partial charge >= 0.3 is 0 Å². The van der Waals surface area contributed by atoms with Crippen molar-refractivity contribution in [3.05, 3.63) is 72.9 Å². The zero-order chi connectivity index (χ0) is 66.1. The molecule has 12 N–H and O–H groups in total. The van der Waals surface area contributed by atoms with E-state index in [0.29, 0.717) is 12.8 Å². The van der Waals surface area contributed by atoms with Gasteiger partial charge in [0.1, 0.15) is 73.2 Å². The fourth-order valence-corrected chi connectivity index (χ4v) is 11.8. The first-order valence-electron chi connectivity index (χ1n) is 35.7. The Bertz CT molecular complexity index is 1930. The summed E-state index contributed by atoms with van der Waals surface area (Å²) in [5.41, 5.74) is 0. The normalized spacial score (nSPS) is 28.3. The van der Waals surface area contributed by atoms with E-state index in [1.54, 1.807) is 6.08 Å². The number of allylic oxidation sites excluding steroid dienone is 11. The first kappa shape index (κ1) is 82.5. The summed E-state index contributed by atoms with van der Waals surface area (Å²) >= 11 is 0. The Kier molecular flexibility index (Phi) is 48.4. The molecule has 0 aromatic carbocycles. The molecule has 3 saturated heterocycles. The number of aliphatic hydroxyl groups excluding tert-OH is 11. The molecule has 0 spiro atoms. The molecule has 3 aliphatic heterocycles. The SMILES string of the molecule is C/C=C/CC/C=C/CC/C=C/C(O)C(COC1OC(CO)C(OC2OC(CO)C(OC3OC(CO)C(O)C(O)C3O)C(O)C2O)C(O)C1O)NC(=O)CCCCCCCCCCCCCCCCCCCCCCCC/C=C\C/C=C\C/C=C\CCCCCCC. The highest BCUT2D eigenvalue weighted by molar-refractivity contribution is 5.76. The number of nitrogens with one attached hydrogen (secondary N) is 1. The Morgan fingerprint density at radius 2 is 0.780 bits per heavy atom. The van der Waals surface area contributed by atoms with Gasteiger partial charge in [0, 0.05) is 6.42 Å². The Hall–Kier alpha value is -2.77. The smallest absolute Gasteiger partial charge is 0.220 e. The zero-order valence-corrected chi connectivity index (χ0v) is 55.8. The minimum atomic E-state index is -1.98. The third-order valence-electron chi connectivity index (χ3n) is 17.5. The number of amides is 1. The minimum Gasteiger partial charge on any atom is -0.394 e. The van der Waals surface area contributed by atoms with Gasteiger partial charge in [-0.3, -0.25) is 4.79 Å². The molecule has 0 aromatic rings. The molecule has 3 rings (SSSR count). The van der Waals surface area contributed by atoms with Gasteiger partial charge in [0.15, 0.2) is 18.9 Å². The number of hydrogen-bond acceptors (Lipinski definition) is 18. The van der Waals surface area contributed by atoms with Crippen LogP contribution < -0.4 is 5.32 Å². The Morgan fingerprint density at radius 3 is 1.23 bits per heavy atom. The standard InChI is InChI=1S/C72H127NO18/c1-3-5-7-9-11-13-14-15-16-17-18-19-20-21-22-23-24-25-26-27-28-29-30-31-32-33-34-35-36-37-38-39-40-42-44-46-48-50-60(78)73-55(56(77)49-47-45-43-41-12-10-8-6-4-2)54-86-70-66(84)63(81)68(58(52-75)88-70)91-72-67(85)64(82)69(59(53-76)89-72)90-71-65(83)62(80)61(79)57(51-74)87-71/h4,6,12,14-15,17-18,20-21,41,47,49,55-59,61-72,74-77,79-85H,3,5,7-11,13,16,19,22-40,42-46,48,50-54H2,1-2H3,(H,73,78)/b6-4+,15-14-,18-17-,21-20-,41-12+,49-47+. The van der Waals surface area contributed by atoms with Gasteiger partial charge in [0.2, 0.25) is 5.91 Å². The van der Waals surface area contributed by atoms with Crippen molar-refractivity contribution < 1.29 is 89.4 Å². The molecule has 3 aliphatic rings. The van der Waals surface area contributed by atoms with Gasteiger partial charge in [-0.1, -0.05) is 234 Å². The molecule has 17 atom stereocenters. The first-order valence-corrected chi connectivity index (χ1v) is 35.7. The van der Waals surface area contributed by atoms with Crippen LogP contribution >= 0.6 is 0 Å². The summed E-state index contributed by atoms with van der Waals surface area (Å²) < 4.78 is 34.2. The van der Waals surface area contributed by atoms with Gasteiger partial charge in [-0.25, -0.2) is 0 Å². The second-order valence-corrected chi connectivity index (χ2v) is 25.3. The minimum absolute atomic E-state index is 0.231. The molecular formula is C72H127NO18. The van der Waals surface area contributed by atoms with Crippen LogP contribution in [-0.2, 0) is 33.2 Å². The maximum atomic E-state index is 13.3. The van der Waals surface area contributed by atoms with Crippen LogP contribution in [0.5, 0.6) is 0 Å². The van der Waals surface area contributed by atoms with E-state index in [2.05, 4.69) is 66.9 Å². The van der Waals surface area contributed by atoms with Crippen molar-refractivity contribution in [1.82, 2.24) is 5.32 Å². The van der Waals surface area contributed by atoms with E-state index in [4.69, 9.17) is 28.4 Å². The molecule has 1 amide bonds. The van der Waals surface area contributed by atoms with Gasteiger partial charge in [-0.05, 0) is 77.6 Å². The highest BCUT2D eigenvalue weighted by Gasteiger charge is 2.53. The maximum Gasteiger partial charge on any atom is 0.220 e. The van der Waals surface area contributed by atoms with Gasteiger partial charge in [0.25, 0.3) is 0 Å². The summed E-state index contributed by atoms with van der Waals surface area (Å²) in [4.78, 5) is 13.3. The fourth-order valence-electron chi connectivity index (χ4n) is 11.8. The van der Waals surface area contributed by atoms with Crippen LogP contribution in [0.4, 0.5) is 0 Å². The van der Waals surface area contributed by atoms with Crippen molar-refractivity contribution in [1.29, 1.82) is 0 Å². The summed E-state index contributed by atoms with van der Waals surface area (Å²) in [6.45, 7) is 1.44. The van der Waals surface area contributed by atoms with Crippen molar-refractivity contribution in [3.63, 3.8) is 0 Å². The molecule has 19 nitrogen and oxygen atoms in total. The third kappa shape index (κ3) is 35.2. The molecule has 3 fully saturated rings. The van der Waals surface area contributed by atoms with Crippen molar-refractivity contribution in [2.24, 2.45) is 0 Å². The van der Waals surface area contributed by atoms with Gasteiger partial charge in [-0.2, -0.15) is 0 Å². The lowest BCUT2D eigenvalue weighted by molar-refractivity contribution is -0.379. The highest BCUT2D eigenvalue weighted by atomic mass is 16.8. The molecule has 0 bridgehead atoms. The monoisotopic (exact) mass is 1290 g/mol. The summed E-state index contributed by atoms with van der Waals surface area (Å²) in [5.74, 6) is -0.292. The van der Waals surface area contributed by atoms with E-state index in [1.165, 1.54) is 161 Å². The topological polar surface area (TPSA) is 307 Å². The molecule has 0 aliphatic carbocycles. The number of unbranched alkanes of at least 4 members (excludes halogenated alkanes) is 29. The van der Waals surface area contributed by atoms with E-state index >= 15 is 0 Å². The molecular weight excluding hydrogens is 1170 g/mol. The molecule has 0 aromatic heterocycles. The van der Waals surface area contributed by atoms with Crippen molar-refractivity contribution in [3.8, 4) is 0 Å². The fraction of sp³-hybridized carbons (Fsp3) is 0.819. The number of hydrogen-bond donors (Lipinski definition) is 12. The second kappa shape index (κ2) is 53.4.